The molecule has 4 heteroatoms. The maximum Gasteiger partial charge on any atom is 0.245 e. The van der Waals surface area contributed by atoms with E-state index in [1.807, 2.05) is 0 Å². The molecule has 1 saturated carbocycles. The van der Waals surface area contributed by atoms with Crippen LogP contribution in [0.4, 0.5) is 0 Å². The molecule has 0 aromatic heterocycles. The number of rotatable bonds is 7. The highest BCUT2D eigenvalue weighted by atomic mass is 16.5. The van der Waals surface area contributed by atoms with Gasteiger partial charge in [-0.15, -0.1) is 0 Å². The molecule has 112 valence electrons. The lowest BCUT2D eigenvalue weighted by Crippen LogP contribution is -2.45. The molecular weight excluding hydrogens is 240 g/mol. The van der Waals surface area contributed by atoms with Gasteiger partial charge in [0.25, 0.3) is 0 Å². The van der Waals surface area contributed by atoms with Crippen molar-refractivity contribution in [2.45, 2.75) is 64.3 Å². The minimum Gasteiger partial charge on any atom is -0.370 e. The van der Waals surface area contributed by atoms with Crippen molar-refractivity contribution in [2.75, 3.05) is 19.8 Å². The van der Waals surface area contributed by atoms with Crippen molar-refractivity contribution in [3.8, 4) is 0 Å². The summed E-state index contributed by atoms with van der Waals surface area (Å²) in [7, 11) is 0. The third-order valence-corrected chi connectivity index (χ3v) is 3.77. The molecule has 4 nitrogen and oxygen atoms in total. The molecule has 0 radical (unpaired) electrons. The number of amides is 1. The molecule has 0 saturated heterocycles. The lowest BCUT2D eigenvalue weighted by molar-refractivity contribution is -0.126. The summed E-state index contributed by atoms with van der Waals surface area (Å²) in [5.74, 6) is 0.581. The lowest BCUT2D eigenvalue weighted by atomic mass is 9.93. The Bertz CT molecular complexity index is 259. The monoisotopic (exact) mass is 270 g/mol. The van der Waals surface area contributed by atoms with Gasteiger partial charge in [-0.1, -0.05) is 39.5 Å². The lowest BCUT2D eigenvalue weighted by Gasteiger charge is -2.27. The van der Waals surface area contributed by atoms with Crippen LogP contribution >= 0.6 is 0 Å². The molecule has 3 N–H and O–H groups in total. The summed E-state index contributed by atoms with van der Waals surface area (Å²) in [6.07, 6.45) is 7.95. The molecule has 0 spiro atoms. The number of hydrogen-bond donors (Lipinski definition) is 2. The Hall–Kier alpha value is -0.610. The molecule has 19 heavy (non-hydrogen) atoms. The van der Waals surface area contributed by atoms with E-state index < -0.39 is 0 Å². The zero-order valence-electron chi connectivity index (χ0n) is 12.5. The number of carbonyl (C=O) groups is 1. The summed E-state index contributed by atoms with van der Waals surface area (Å²) in [5.41, 5.74) is 6.11. The average molecular weight is 270 g/mol. The molecule has 0 atom stereocenters. The second kappa shape index (κ2) is 8.54. The molecule has 0 heterocycles. The molecular formula is C15H30N2O2. The highest BCUT2D eigenvalue weighted by Crippen LogP contribution is 2.25. The van der Waals surface area contributed by atoms with E-state index in [1.54, 1.807) is 0 Å². The molecule has 1 aliphatic rings. The predicted molar refractivity (Wildman–Crippen MR) is 77.9 cm³/mol. The first kappa shape index (κ1) is 16.4. The Morgan fingerprint density at radius 1 is 1.26 bits per heavy atom. The first-order valence-corrected chi connectivity index (χ1v) is 7.65. The van der Waals surface area contributed by atoms with Gasteiger partial charge >= 0.3 is 0 Å². The summed E-state index contributed by atoms with van der Waals surface area (Å²) in [6, 6.07) is 0. The molecule has 1 fully saturated rings. The van der Waals surface area contributed by atoms with Gasteiger partial charge in [-0.3, -0.25) is 4.79 Å². The van der Waals surface area contributed by atoms with Crippen molar-refractivity contribution in [1.82, 2.24) is 5.32 Å². The standard InChI is InChI=1S/C15H30N2O2/c1-13(2)7-10-17-14(18)11-19-12-15(16)8-5-3-4-6-9-15/h13H,3-12,16H2,1-2H3,(H,17,18). The summed E-state index contributed by atoms with van der Waals surface area (Å²) < 4.78 is 5.51. The Labute approximate surface area is 117 Å². The van der Waals surface area contributed by atoms with Crippen LogP contribution in [0.5, 0.6) is 0 Å². The van der Waals surface area contributed by atoms with Crippen LogP contribution in [0.25, 0.3) is 0 Å². The molecule has 1 rings (SSSR count). The summed E-state index contributed by atoms with van der Waals surface area (Å²) in [5, 5.41) is 2.87. The van der Waals surface area contributed by atoms with Crippen molar-refractivity contribution in [3.05, 3.63) is 0 Å². The van der Waals surface area contributed by atoms with Crippen LogP contribution in [0.2, 0.25) is 0 Å². The van der Waals surface area contributed by atoms with Gasteiger partial charge in [0.05, 0.1) is 6.61 Å². The van der Waals surface area contributed by atoms with E-state index in [1.165, 1.54) is 25.7 Å². The molecule has 1 aliphatic carbocycles. The van der Waals surface area contributed by atoms with E-state index in [2.05, 4.69) is 19.2 Å². The largest absolute Gasteiger partial charge is 0.370 e. The zero-order chi connectivity index (χ0) is 14.1. The van der Waals surface area contributed by atoms with Gasteiger partial charge in [0.1, 0.15) is 6.61 Å². The fraction of sp³-hybridized carbons (Fsp3) is 0.933. The maximum absolute atomic E-state index is 11.6. The molecule has 0 aromatic carbocycles. The average Bonchev–Trinajstić information content (AvgIpc) is 2.54. The van der Waals surface area contributed by atoms with Gasteiger partial charge in [0.15, 0.2) is 0 Å². The topological polar surface area (TPSA) is 64.3 Å². The van der Waals surface area contributed by atoms with E-state index in [0.29, 0.717) is 12.5 Å². The fourth-order valence-corrected chi connectivity index (χ4v) is 2.48. The van der Waals surface area contributed by atoms with E-state index in [-0.39, 0.29) is 18.1 Å². The van der Waals surface area contributed by atoms with Crippen LogP contribution in [0.3, 0.4) is 0 Å². The van der Waals surface area contributed by atoms with Crippen molar-refractivity contribution < 1.29 is 9.53 Å². The zero-order valence-corrected chi connectivity index (χ0v) is 12.5. The molecule has 1 amide bonds. The SMILES string of the molecule is CC(C)CCNC(=O)COCC1(N)CCCCCC1. The number of nitrogens with one attached hydrogen (secondary N) is 1. The molecule has 0 bridgehead atoms. The van der Waals surface area contributed by atoms with Crippen molar-refractivity contribution in [1.29, 1.82) is 0 Å². The summed E-state index contributed by atoms with van der Waals surface area (Å²) >= 11 is 0. The van der Waals surface area contributed by atoms with E-state index in [9.17, 15) is 4.79 Å². The maximum atomic E-state index is 11.6. The van der Waals surface area contributed by atoms with Gasteiger partial charge in [-0.2, -0.15) is 0 Å². The highest BCUT2D eigenvalue weighted by Gasteiger charge is 2.26. The smallest absolute Gasteiger partial charge is 0.245 e. The molecule has 0 aromatic rings. The second-order valence-electron chi connectivity index (χ2n) is 6.30. The van der Waals surface area contributed by atoms with Crippen LogP contribution in [0.15, 0.2) is 0 Å². The number of ether oxygens (including phenoxy) is 1. The van der Waals surface area contributed by atoms with Crippen molar-refractivity contribution in [2.24, 2.45) is 11.7 Å². The van der Waals surface area contributed by atoms with E-state index in [4.69, 9.17) is 10.5 Å². The Balaban J connectivity index is 2.12. The first-order valence-electron chi connectivity index (χ1n) is 7.65. The highest BCUT2D eigenvalue weighted by molar-refractivity contribution is 5.77. The van der Waals surface area contributed by atoms with Crippen LogP contribution in [-0.4, -0.2) is 31.2 Å². The summed E-state index contributed by atoms with van der Waals surface area (Å²) in [4.78, 5) is 11.6. The Kier molecular flexibility index (Phi) is 7.39. The molecule has 0 aliphatic heterocycles. The van der Waals surface area contributed by atoms with Crippen LogP contribution < -0.4 is 11.1 Å². The third kappa shape index (κ3) is 7.53. The predicted octanol–water partition coefficient (Wildman–Crippen LogP) is 2.22. The Morgan fingerprint density at radius 2 is 1.89 bits per heavy atom. The van der Waals surface area contributed by atoms with Crippen molar-refractivity contribution >= 4 is 5.91 Å². The van der Waals surface area contributed by atoms with Crippen LogP contribution in [0, 0.1) is 5.92 Å². The van der Waals surface area contributed by atoms with E-state index >= 15 is 0 Å². The van der Waals surface area contributed by atoms with Gasteiger partial charge in [-0.25, -0.2) is 0 Å². The van der Waals surface area contributed by atoms with E-state index in [0.717, 1.165) is 25.8 Å². The number of carbonyl (C=O) groups excluding carboxylic acids is 1. The number of hydrogen-bond acceptors (Lipinski definition) is 3. The van der Waals surface area contributed by atoms with Gasteiger partial charge in [0, 0.05) is 12.1 Å². The van der Waals surface area contributed by atoms with Gasteiger partial charge in [-0.05, 0) is 25.2 Å². The van der Waals surface area contributed by atoms with Crippen LogP contribution in [0.1, 0.15) is 58.8 Å². The third-order valence-electron chi connectivity index (χ3n) is 3.77. The second-order valence-corrected chi connectivity index (χ2v) is 6.30. The quantitative estimate of drug-likeness (QED) is 0.697. The molecule has 0 unspecified atom stereocenters. The Morgan fingerprint density at radius 3 is 2.47 bits per heavy atom. The first-order chi connectivity index (χ1) is 9.02. The normalized spacial score (nSPS) is 19.2. The minimum atomic E-state index is -0.214. The van der Waals surface area contributed by atoms with Gasteiger partial charge in [0.2, 0.25) is 5.91 Å². The fourth-order valence-electron chi connectivity index (χ4n) is 2.48. The minimum absolute atomic E-state index is 0.0297. The van der Waals surface area contributed by atoms with Crippen molar-refractivity contribution in [3.63, 3.8) is 0 Å². The number of nitrogens with two attached hydrogens (primary N) is 1. The summed E-state index contributed by atoms with van der Waals surface area (Å²) in [6.45, 7) is 5.66. The van der Waals surface area contributed by atoms with Crippen LogP contribution in [-0.2, 0) is 9.53 Å². The van der Waals surface area contributed by atoms with Gasteiger partial charge < -0.3 is 15.8 Å².